The molecule has 0 bridgehead atoms. The Labute approximate surface area is 173 Å². The largest absolute Gasteiger partial charge is 0.471 e. The highest BCUT2D eigenvalue weighted by Crippen LogP contribution is 2.29. The molecule has 1 N–H and O–H groups in total. The zero-order valence-electron chi connectivity index (χ0n) is 16.0. The molecule has 1 aromatic carbocycles. The molecule has 8 nitrogen and oxygen atoms in total. The molecule has 0 radical (unpaired) electrons. The number of nitrogens with zero attached hydrogens (tertiary/aromatic N) is 4. The maximum atomic E-state index is 12.6. The fourth-order valence-electron chi connectivity index (χ4n) is 2.76. The fraction of sp³-hybridized carbons (Fsp3) is 0.150. The summed E-state index contributed by atoms with van der Waals surface area (Å²) in [5.41, 5.74) is 2.23. The zero-order chi connectivity index (χ0) is 22.0. The van der Waals surface area contributed by atoms with Crippen LogP contribution in [0.3, 0.4) is 0 Å². The fourth-order valence-corrected chi connectivity index (χ4v) is 2.76. The van der Waals surface area contributed by atoms with Crippen LogP contribution in [-0.2, 0) is 17.5 Å². The number of nitrogens with one attached hydrogen (secondary N) is 1. The van der Waals surface area contributed by atoms with Crippen molar-refractivity contribution in [3.05, 3.63) is 65.8 Å². The average molecular weight is 429 g/mol. The number of aromatic nitrogens is 4. The maximum Gasteiger partial charge on any atom is 0.471 e. The normalized spacial score (nSPS) is 11.5. The Hall–Kier alpha value is -4.02. The molecule has 3 aromatic heterocycles. The lowest BCUT2D eigenvalue weighted by atomic mass is 10.2. The minimum absolute atomic E-state index is 0.00385. The van der Waals surface area contributed by atoms with E-state index >= 15 is 0 Å². The van der Waals surface area contributed by atoms with Gasteiger partial charge in [-0.05, 0) is 30.7 Å². The molecule has 0 saturated heterocycles. The van der Waals surface area contributed by atoms with E-state index in [4.69, 9.17) is 4.74 Å². The van der Waals surface area contributed by atoms with E-state index < -0.39 is 18.2 Å². The topological polar surface area (TPSA) is 103 Å². The second-order valence-electron chi connectivity index (χ2n) is 6.55. The minimum atomic E-state index is -4.74. The van der Waals surface area contributed by atoms with Crippen LogP contribution >= 0.6 is 0 Å². The van der Waals surface area contributed by atoms with Crippen molar-refractivity contribution in [2.45, 2.75) is 19.7 Å². The second kappa shape index (κ2) is 8.01. The number of fused-ring (bicyclic) bond motifs is 1. The first-order valence-electron chi connectivity index (χ1n) is 8.95. The van der Waals surface area contributed by atoms with Crippen LogP contribution in [0.25, 0.3) is 22.3 Å². The molecule has 0 atom stereocenters. The highest BCUT2D eigenvalue weighted by Gasteiger charge is 2.38. The Balaban J connectivity index is 1.40. The number of hydrogen-bond acceptors (Lipinski definition) is 7. The number of rotatable bonds is 4. The Morgan fingerprint density at radius 3 is 2.71 bits per heavy atom. The SMILES string of the molecule is Cc1cc(-c2noc(C(F)(F)F)n2)cnc1NC(=O)OCc1cnc2ccccc2c1. The molecule has 4 aromatic rings. The van der Waals surface area contributed by atoms with E-state index in [1.54, 1.807) is 13.1 Å². The van der Waals surface area contributed by atoms with Crippen molar-refractivity contribution in [3.8, 4) is 11.4 Å². The monoisotopic (exact) mass is 429 g/mol. The van der Waals surface area contributed by atoms with Crippen molar-refractivity contribution in [1.82, 2.24) is 20.1 Å². The quantitative estimate of drug-likeness (QED) is 0.499. The maximum absolute atomic E-state index is 12.6. The third kappa shape index (κ3) is 4.60. The van der Waals surface area contributed by atoms with Gasteiger partial charge in [-0.1, -0.05) is 23.4 Å². The van der Waals surface area contributed by atoms with E-state index in [0.29, 0.717) is 11.1 Å². The van der Waals surface area contributed by atoms with Crippen molar-refractivity contribution in [2.24, 2.45) is 0 Å². The van der Waals surface area contributed by atoms with Crippen molar-refractivity contribution >= 4 is 22.8 Å². The molecule has 0 spiro atoms. The van der Waals surface area contributed by atoms with Crippen LogP contribution < -0.4 is 5.32 Å². The first-order chi connectivity index (χ1) is 14.8. The van der Waals surface area contributed by atoms with Crippen molar-refractivity contribution < 1.29 is 27.2 Å². The molecule has 0 aliphatic rings. The highest BCUT2D eigenvalue weighted by atomic mass is 19.4. The number of amides is 1. The number of anilines is 1. The number of benzene rings is 1. The zero-order valence-corrected chi connectivity index (χ0v) is 16.0. The number of halogens is 3. The molecule has 158 valence electrons. The molecular formula is C20H14F3N5O3. The van der Waals surface area contributed by atoms with Gasteiger partial charge in [-0.3, -0.25) is 10.3 Å². The lowest BCUT2D eigenvalue weighted by molar-refractivity contribution is -0.159. The highest BCUT2D eigenvalue weighted by molar-refractivity contribution is 5.84. The number of aryl methyl sites for hydroxylation is 1. The molecule has 0 fully saturated rings. The molecule has 0 aliphatic heterocycles. The molecule has 0 unspecified atom stereocenters. The predicted octanol–water partition coefficient (Wildman–Crippen LogP) is 4.76. The van der Waals surface area contributed by atoms with Gasteiger partial charge in [0.2, 0.25) is 5.82 Å². The van der Waals surface area contributed by atoms with Crippen molar-refractivity contribution in [3.63, 3.8) is 0 Å². The van der Waals surface area contributed by atoms with Gasteiger partial charge in [0, 0.05) is 28.9 Å². The molecular weight excluding hydrogens is 415 g/mol. The number of carbonyl (C=O) groups is 1. The Morgan fingerprint density at radius 2 is 1.97 bits per heavy atom. The van der Waals surface area contributed by atoms with Crippen molar-refractivity contribution in [1.29, 1.82) is 0 Å². The summed E-state index contributed by atoms with van der Waals surface area (Å²) in [5, 5.41) is 6.72. The standard InChI is InChI=1S/C20H14F3N5O3/c1-11-6-14(17-26-18(31-28-17)20(21,22)23)9-25-16(11)27-19(29)30-10-12-7-13-4-2-3-5-15(13)24-8-12/h2-9H,10H2,1H3,(H,25,27,29). The van der Waals surface area contributed by atoms with Crippen LogP contribution in [-0.4, -0.2) is 26.2 Å². The minimum Gasteiger partial charge on any atom is -0.444 e. The van der Waals surface area contributed by atoms with Crippen LogP contribution in [0.1, 0.15) is 17.0 Å². The predicted molar refractivity (Wildman–Crippen MR) is 103 cm³/mol. The number of alkyl halides is 3. The summed E-state index contributed by atoms with van der Waals surface area (Å²) in [6.07, 6.45) is -2.63. The lowest BCUT2D eigenvalue weighted by Gasteiger charge is -2.09. The summed E-state index contributed by atoms with van der Waals surface area (Å²) in [7, 11) is 0. The third-order valence-electron chi connectivity index (χ3n) is 4.24. The summed E-state index contributed by atoms with van der Waals surface area (Å²) >= 11 is 0. The summed E-state index contributed by atoms with van der Waals surface area (Å²) < 4.78 is 47.2. The molecule has 0 aliphatic carbocycles. The molecule has 3 heterocycles. The van der Waals surface area contributed by atoms with Gasteiger partial charge >= 0.3 is 18.2 Å². The summed E-state index contributed by atoms with van der Waals surface area (Å²) in [4.78, 5) is 23.8. The number of para-hydroxylation sites is 1. The van der Waals surface area contributed by atoms with Crippen LogP contribution in [0.4, 0.5) is 23.8 Å². The van der Waals surface area contributed by atoms with Gasteiger partial charge < -0.3 is 9.26 Å². The van der Waals surface area contributed by atoms with Crippen LogP contribution in [0.15, 0.2) is 53.3 Å². The molecule has 4 rings (SSSR count). The van der Waals surface area contributed by atoms with E-state index in [1.165, 1.54) is 12.3 Å². The first kappa shape index (κ1) is 20.3. The van der Waals surface area contributed by atoms with Gasteiger partial charge in [-0.25, -0.2) is 9.78 Å². The molecule has 0 saturated carbocycles. The molecule has 11 heteroatoms. The summed E-state index contributed by atoms with van der Waals surface area (Å²) in [6, 6.07) is 10.9. The smallest absolute Gasteiger partial charge is 0.444 e. The average Bonchev–Trinajstić information content (AvgIpc) is 3.24. The molecule has 31 heavy (non-hydrogen) atoms. The van der Waals surface area contributed by atoms with E-state index in [1.807, 2.05) is 30.3 Å². The second-order valence-corrected chi connectivity index (χ2v) is 6.55. The Bertz CT molecular complexity index is 1260. The van der Waals surface area contributed by atoms with E-state index in [-0.39, 0.29) is 23.8 Å². The van der Waals surface area contributed by atoms with Crippen LogP contribution in [0, 0.1) is 6.92 Å². The van der Waals surface area contributed by atoms with Crippen LogP contribution in [0.2, 0.25) is 0 Å². The number of hydrogen-bond donors (Lipinski definition) is 1. The van der Waals surface area contributed by atoms with E-state index in [9.17, 15) is 18.0 Å². The first-order valence-corrected chi connectivity index (χ1v) is 8.95. The van der Waals surface area contributed by atoms with E-state index in [2.05, 4.69) is 29.9 Å². The van der Waals surface area contributed by atoms with Gasteiger partial charge in [0.05, 0.1) is 5.52 Å². The lowest BCUT2D eigenvalue weighted by Crippen LogP contribution is -2.15. The van der Waals surface area contributed by atoms with Gasteiger partial charge in [0.15, 0.2) is 0 Å². The Morgan fingerprint density at radius 1 is 1.16 bits per heavy atom. The number of ether oxygens (including phenoxy) is 1. The summed E-state index contributed by atoms with van der Waals surface area (Å²) in [6.45, 7) is 1.62. The van der Waals surface area contributed by atoms with Crippen LogP contribution in [0.5, 0.6) is 0 Å². The van der Waals surface area contributed by atoms with Gasteiger partial charge in [-0.15, -0.1) is 0 Å². The summed E-state index contributed by atoms with van der Waals surface area (Å²) in [5.74, 6) is -1.53. The number of pyridine rings is 2. The van der Waals surface area contributed by atoms with Crippen molar-refractivity contribution in [2.75, 3.05) is 5.32 Å². The number of carbonyl (C=O) groups excluding carboxylic acids is 1. The van der Waals surface area contributed by atoms with Gasteiger partial charge in [0.25, 0.3) is 0 Å². The Kier molecular flexibility index (Phi) is 5.24. The van der Waals surface area contributed by atoms with Gasteiger partial charge in [0.1, 0.15) is 12.4 Å². The van der Waals surface area contributed by atoms with E-state index in [0.717, 1.165) is 10.9 Å². The molecule has 1 amide bonds. The third-order valence-corrected chi connectivity index (χ3v) is 4.24. The van der Waals surface area contributed by atoms with Gasteiger partial charge in [-0.2, -0.15) is 18.2 Å².